The Bertz CT molecular complexity index is 1250. The summed E-state index contributed by atoms with van der Waals surface area (Å²) in [4.78, 5) is 17.3. The molecule has 0 saturated carbocycles. The van der Waals surface area contributed by atoms with Crippen molar-refractivity contribution in [3.05, 3.63) is 63.0 Å². The van der Waals surface area contributed by atoms with E-state index in [4.69, 9.17) is 19.2 Å². The second kappa shape index (κ2) is 9.65. The topological polar surface area (TPSA) is 77.9 Å². The van der Waals surface area contributed by atoms with Gasteiger partial charge in [-0.3, -0.25) is 9.78 Å². The van der Waals surface area contributed by atoms with Crippen LogP contribution in [0.3, 0.4) is 0 Å². The fourth-order valence-electron chi connectivity index (χ4n) is 6.60. The number of carbonyl (C=O) groups excluding carboxylic acids is 1. The molecular formula is C30H37F2NO5. The third-order valence-electron chi connectivity index (χ3n) is 8.36. The summed E-state index contributed by atoms with van der Waals surface area (Å²) < 4.78 is 45.5. The number of aromatic nitrogens is 1. The third-order valence-corrected chi connectivity index (χ3v) is 8.36. The SMILES string of the molecule is CC(=O)OC1c2nc(C(C)C)c3c(c2C(O)CC1(C)C)C1(CCOCC1)OC3c1ccc(C(F)F)cc1C. The fraction of sp³-hybridized carbons (Fsp3) is 0.600. The van der Waals surface area contributed by atoms with E-state index in [1.54, 1.807) is 6.07 Å². The smallest absolute Gasteiger partial charge is 0.303 e. The van der Waals surface area contributed by atoms with Gasteiger partial charge in [-0.05, 0) is 36.0 Å². The number of esters is 1. The summed E-state index contributed by atoms with van der Waals surface area (Å²) in [5.74, 6) is -0.403. The summed E-state index contributed by atoms with van der Waals surface area (Å²) in [6, 6.07) is 4.71. The van der Waals surface area contributed by atoms with Crippen LogP contribution in [0.5, 0.6) is 0 Å². The zero-order valence-corrected chi connectivity index (χ0v) is 22.9. The van der Waals surface area contributed by atoms with E-state index in [-0.39, 0.29) is 11.5 Å². The number of hydrogen-bond donors (Lipinski definition) is 1. The van der Waals surface area contributed by atoms with Gasteiger partial charge in [0.15, 0.2) is 0 Å². The van der Waals surface area contributed by atoms with Crippen molar-refractivity contribution in [3.63, 3.8) is 0 Å². The maximum absolute atomic E-state index is 13.5. The van der Waals surface area contributed by atoms with Crippen molar-refractivity contribution in [2.24, 2.45) is 5.41 Å². The van der Waals surface area contributed by atoms with Crippen molar-refractivity contribution in [1.29, 1.82) is 0 Å². The Morgan fingerprint density at radius 3 is 2.45 bits per heavy atom. The fourth-order valence-corrected chi connectivity index (χ4v) is 6.60. The molecule has 3 unspecified atom stereocenters. The van der Waals surface area contributed by atoms with Crippen LogP contribution in [0.2, 0.25) is 0 Å². The van der Waals surface area contributed by atoms with Gasteiger partial charge in [0.05, 0.1) is 17.4 Å². The van der Waals surface area contributed by atoms with Gasteiger partial charge < -0.3 is 19.3 Å². The third kappa shape index (κ3) is 4.34. The molecule has 1 aromatic heterocycles. The monoisotopic (exact) mass is 529 g/mol. The van der Waals surface area contributed by atoms with Gasteiger partial charge in [0, 0.05) is 60.8 Å². The van der Waals surface area contributed by atoms with Gasteiger partial charge in [-0.1, -0.05) is 45.9 Å². The lowest BCUT2D eigenvalue weighted by Gasteiger charge is -2.43. The summed E-state index contributed by atoms with van der Waals surface area (Å²) in [7, 11) is 0. The molecule has 1 saturated heterocycles. The Kier molecular flexibility index (Phi) is 6.89. The quantitative estimate of drug-likeness (QED) is 0.447. The molecule has 0 radical (unpaired) electrons. The Labute approximate surface area is 222 Å². The molecule has 3 atom stereocenters. The van der Waals surface area contributed by atoms with Crippen LogP contribution in [0.4, 0.5) is 8.78 Å². The van der Waals surface area contributed by atoms with E-state index in [0.717, 1.165) is 27.9 Å². The van der Waals surface area contributed by atoms with Crippen molar-refractivity contribution in [2.75, 3.05) is 13.2 Å². The van der Waals surface area contributed by atoms with Crippen molar-refractivity contribution in [3.8, 4) is 0 Å². The van der Waals surface area contributed by atoms with Gasteiger partial charge in [-0.2, -0.15) is 0 Å². The summed E-state index contributed by atoms with van der Waals surface area (Å²) in [5, 5.41) is 11.6. The normalized spacial score (nSPS) is 25.5. The number of halogens is 2. The second-order valence-corrected chi connectivity index (χ2v) is 12.0. The lowest BCUT2D eigenvalue weighted by molar-refractivity contribution is -0.157. The predicted octanol–water partition coefficient (Wildman–Crippen LogP) is 6.64. The number of fused-ring (bicyclic) bond motifs is 4. The lowest BCUT2D eigenvalue weighted by Crippen LogP contribution is -2.39. The Morgan fingerprint density at radius 1 is 1.18 bits per heavy atom. The molecule has 0 bridgehead atoms. The molecule has 1 aliphatic carbocycles. The largest absolute Gasteiger partial charge is 0.455 e. The highest BCUT2D eigenvalue weighted by Gasteiger charge is 2.54. The van der Waals surface area contributed by atoms with Crippen LogP contribution in [-0.4, -0.2) is 29.3 Å². The van der Waals surface area contributed by atoms with Crippen LogP contribution in [0, 0.1) is 12.3 Å². The Morgan fingerprint density at radius 2 is 1.87 bits per heavy atom. The van der Waals surface area contributed by atoms with Crippen molar-refractivity contribution in [2.45, 2.75) is 97.1 Å². The van der Waals surface area contributed by atoms with Crippen LogP contribution in [-0.2, 0) is 24.6 Å². The highest BCUT2D eigenvalue weighted by atomic mass is 19.3. The van der Waals surface area contributed by atoms with Crippen molar-refractivity contribution >= 4 is 5.97 Å². The Balaban J connectivity index is 1.81. The van der Waals surface area contributed by atoms with E-state index >= 15 is 0 Å². The summed E-state index contributed by atoms with van der Waals surface area (Å²) in [6.45, 7) is 12.3. The van der Waals surface area contributed by atoms with E-state index in [9.17, 15) is 18.7 Å². The summed E-state index contributed by atoms with van der Waals surface area (Å²) >= 11 is 0. The molecule has 8 heteroatoms. The van der Waals surface area contributed by atoms with Gasteiger partial charge in [-0.25, -0.2) is 8.78 Å². The first-order chi connectivity index (χ1) is 17.9. The van der Waals surface area contributed by atoms with Crippen LogP contribution in [0.1, 0.15) is 129 Å². The minimum absolute atomic E-state index is 0.00376. The van der Waals surface area contributed by atoms with E-state index in [2.05, 4.69) is 13.8 Å². The van der Waals surface area contributed by atoms with E-state index < -0.39 is 41.7 Å². The van der Waals surface area contributed by atoms with Crippen LogP contribution < -0.4 is 0 Å². The summed E-state index contributed by atoms with van der Waals surface area (Å²) in [5.41, 5.74) is 4.13. The molecule has 1 fully saturated rings. The Hall–Kier alpha value is -2.42. The summed E-state index contributed by atoms with van der Waals surface area (Å²) in [6.07, 6.45) is -2.95. The number of nitrogens with zero attached hydrogens (tertiary/aromatic N) is 1. The molecule has 6 nitrogen and oxygen atoms in total. The maximum atomic E-state index is 13.5. The molecule has 3 heterocycles. The predicted molar refractivity (Wildman–Crippen MR) is 137 cm³/mol. The average Bonchev–Trinajstić information content (AvgIpc) is 3.14. The molecule has 2 aliphatic heterocycles. The van der Waals surface area contributed by atoms with Crippen molar-refractivity contribution in [1.82, 2.24) is 4.98 Å². The molecule has 1 N–H and O–H groups in total. The molecule has 5 rings (SSSR count). The van der Waals surface area contributed by atoms with Crippen LogP contribution >= 0.6 is 0 Å². The number of alkyl halides is 2. The van der Waals surface area contributed by atoms with E-state index in [1.807, 2.05) is 20.8 Å². The lowest BCUT2D eigenvalue weighted by atomic mass is 9.68. The number of pyridine rings is 1. The first kappa shape index (κ1) is 27.2. The average molecular weight is 530 g/mol. The molecule has 2 aromatic rings. The zero-order valence-electron chi connectivity index (χ0n) is 22.9. The number of benzene rings is 1. The van der Waals surface area contributed by atoms with Gasteiger partial charge >= 0.3 is 5.97 Å². The molecule has 0 amide bonds. The molecule has 1 spiro atoms. The van der Waals surface area contributed by atoms with E-state index in [1.165, 1.54) is 19.1 Å². The molecule has 1 aromatic carbocycles. The minimum atomic E-state index is -2.56. The van der Waals surface area contributed by atoms with Crippen LogP contribution in [0.25, 0.3) is 0 Å². The maximum Gasteiger partial charge on any atom is 0.303 e. The number of aliphatic hydroxyl groups excluding tert-OH is 1. The first-order valence-electron chi connectivity index (χ1n) is 13.4. The van der Waals surface area contributed by atoms with Gasteiger partial charge in [0.2, 0.25) is 0 Å². The number of hydrogen-bond acceptors (Lipinski definition) is 6. The highest BCUT2D eigenvalue weighted by molar-refractivity contribution is 5.67. The number of ether oxygens (including phenoxy) is 3. The number of rotatable bonds is 4. The molecular weight excluding hydrogens is 492 g/mol. The van der Waals surface area contributed by atoms with Crippen molar-refractivity contribution < 1.29 is 32.9 Å². The number of aliphatic hydroxyl groups is 1. The molecule has 3 aliphatic rings. The van der Waals surface area contributed by atoms with Gasteiger partial charge in [0.1, 0.15) is 12.2 Å². The standard InChI is InChI=1S/C30H37F2NO5/c1-15(2)24-22-23(21-20(35)14-29(5,6)27(25(21)33-24)37-17(4)34)30(9-11-36-12-10-30)38-26(22)19-8-7-18(28(31)32)13-16(19)3/h7-8,13,15,20,26-28,35H,9-12,14H2,1-6H3. The van der Waals surface area contributed by atoms with Gasteiger partial charge in [0.25, 0.3) is 6.43 Å². The number of aryl methyl sites for hydroxylation is 1. The second-order valence-electron chi connectivity index (χ2n) is 12.0. The zero-order chi connectivity index (χ0) is 27.6. The minimum Gasteiger partial charge on any atom is -0.455 e. The van der Waals surface area contributed by atoms with Crippen LogP contribution in [0.15, 0.2) is 18.2 Å². The first-order valence-corrected chi connectivity index (χ1v) is 13.4. The molecule has 206 valence electrons. The van der Waals surface area contributed by atoms with Gasteiger partial charge in [-0.15, -0.1) is 0 Å². The van der Waals surface area contributed by atoms with E-state index in [0.29, 0.717) is 43.7 Å². The molecule has 38 heavy (non-hydrogen) atoms. The number of carbonyl (C=O) groups is 1. The highest BCUT2D eigenvalue weighted by Crippen LogP contribution is 2.60.